The number of nitrogens with one attached hydrogen (secondary N) is 1. The van der Waals surface area contributed by atoms with Crippen LogP contribution in [-0.4, -0.2) is 80.5 Å². The summed E-state index contributed by atoms with van der Waals surface area (Å²) in [5.74, 6) is -8.02. The molecule has 0 saturated heterocycles. The van der Waals surface area contributed by atoms with Gasteiger partial charge in [-0.05, 0) is 67.7 Å². The predicted octanol–water partition coefficient (Wildman–Crippen LogP) is 0.754. The summed E-state index contributed by atoms with van der Waals surface area (Å²) < 4.78 is 0. The van der Waals surface area contributed by atoms with Gasteiger partial charge in [0, 0.05) is 30.1 Å². The van der Waals surface area contributed by atoms with Gasteiger partial charge >= 0.3 is 0 Å². The van der Waals surface area contributed by atoms with Crippen molar-refractivity contribution in [1.29, 1.82) is 0 Å². The Labute approximate surface area is 229 Å². The lowest BCUT2D eigenvalue weighted by Crippen LogP contribution is -2.73. The van der Waals surface area contributed by atoms with E-state index in [1.165, 1.54) is 13.0 Å². The monoisotopic (exact) mass is 549 g/mol. The van der Waals surface area contributed by atoms with Crippen LogP contribution in [0.4, 0.5) is 5.69 Å². The molecule has 2 unspecified atom stereocenters. The molecule has 0 radical (unpaired) electrons. The van der Waals surface area contributed by atoms with E-state index >= 15 is 0 Å². The van der Waals surface area contributed by atoms with Crippen LogP contribution in [0.25, 0.3) is 16.9 Å². The number of aromatic hydroxyl groups is 1. The number of aliphatic hydroxyl groups excluding tert-OH is 2. The van der Waals surface area contributed by atoms with Crippen LogP contribution in [-0.2, 0) is 25.6 Å². The van der Waals surface area contributed by atoms with Crippen molar-refractivity contribution >= 4 is 34.8 Å². The van der Waals surface area contributed by atoms with E-state index in [-0.39, 0.29) is 35.6 Å². The van der Waals surface area contributed by atoms with Gasteiger partial charge in [-0.2, -0.15) is 0 Å². The topological polar surface area (TPSA) is 190 Å². The minimum Gasteiger partial charge on any atom is -0.507 e. The summed E-state index contributed by atoms with van der Waals surface area (Å²) in [5.41, 5.74) is 5.10. The number of ketones is 2. The van der Waals surface area contributed by atoms with Gasteiger partial charge in [-0.1, -0.05) is 18.2 Å². The molecule has 3 aliphatic carbocycles. The number of nitrogens with zero attached hydrogens (tertiary/aromatic N) is 1. The molecule has 0 aliphatic heterocycles. The number of fused-ring (bicyclic) bond motifs is 3. The highest BCUT2D eigenvalue weighted by molar-refractivity contribution is 6.25. The van der Waals surface area contributed by atoms with Gasteiger partial charge in [0.25, 0.3) is 0 Å². The van der Waals surface area contributed by atoms with E-state index in [1.54, 1.807) is 49.3 Å². The van der Waals surface area contributed by atoms with Gasteiger partial charge in [0.15, 0.2) is 11.4 Å². The maximum atomic E-state index is 13.9. The van der Waals surface area contributed by atoms with Gasteiger partial charge < -0.3 is 36.4 Å². The summed E-state index contributed by atoms with van der Waals surface area (Å²) in [6.45, 7) is 1.40. The zero-order chi connectivity index (χ0) is 29.3. The Morgan fingerprint density at radius 1 is 1.07 bits per heavy atom. The van der Waals surface area contributed by atoms with Gasteiger partial charge in [-0.25, -0.2) is 0 Å². The first-order chi connectivity index (χ1) is 18.8. The third-order valence-electron chi connectivity index (χ3n) is 8.49. The molecule has 0 aromatic heterocycles. The molecule has 2 fully saturated rings. The number of primary amides is 1. The largest absolute Gasteiger partial charge is 0.507 e. The minimum absolute atomic E-state index is 0.0176. The zero-order valence-corrected chi connectivity index (χ0v) is 22.2. The van der Waals surface area contributed by atoms with Crippen LogP contribution in [0.5, 0.6) is 5.75 Å². The Morgan fingerprint density at radius 3 is 2.30 bits per heavy atom. The molecule has 6 atom stereocenters. The number of likely N-dealkylation sites (N-methyl/N-ethyl adjacent to an activating group) is 1. The van der Waals surface area contributed by atoms with Crippen molar-refractivity contribution in [2.24, 2.45) is 23.5 Å². The molecule has 7 N–H and O–H groups in total. The normalized spacial score (nSPS) is 29.5. The number of anilines is 1. The maximum absolute atomic E-state index is 13.9. The molecule has 210 valence electrons. The quantitative estimate of drug-likeness (QED) is 0.299. The van der Waals surface area contributed by atoms with Crippen molar-refractivity contribution < 1.29 is 39.6 Å². The molecule has 0 heterocycles. The van der Waals surface area contributed by atoms with Crippen molar-refractivity contribution in [2.75, 3.05) is 19.4 Å². The van der Waals surface area contributed by atoms with E-state index in [4.69, 9.17) is 5.73 Å². The highest BCUT2D eigenvalue weighted by Crippen LogP contribution is 2.53. The van der Waals surface area contributed by atoms with Gasteiger partial charge in [-0.3, -0.25) is 19.2 Å². The van der Waals surface area contributed by atoms with Gasteiger partial charge in [-0.15, -0.1) is 0 Å². The van der Waals surface area contributed by atoms with Gasteiger partial charge in [0.05, 0.1) is 11.7 Å². The Bertz CT molecular complexity index is 1480. The fraction of sp³-hybridized carbons (Fsp3) is 0.379. The average molecular weight is 550 g/mol. The zero-order valence-electron chi connectivity index (χ0n) is 22.2. The van der Waals surface area contributed by atoms with E-state index in [0.717, 1.165) is 5.56 Å². The predicted molar refractivity (Wildman–Crippen MR) is 144 cm³/mol. The summed E-state index contributed by atoms with van der Waals surface area (Å²) in [6, 6.07) is 9.10. The summed E-state index contributed by atoms with van der Waals surface area (Å²) in [4.78, 5) is 52.4. The minimum atomic E-state index is -2.70. The van der Waals surface area contributed by atoms with Crippen molar-refractivity contribution in [3.63, 3.8) is 0 Å². The Hall–Kier alpha value is -4.06. The van der Waals surface area contributed by atoms with Gasteiger partial charge in [0.1, 0.15) is 17.4 Å². The molecule has 2 aromatic rings. The molecule has 5 rings (SSSR count). The number of phenolic OH excluding ortho intramolecular Hbond substituents is 1. The molecule has 40 heavy (non-hydrogen) atoms. The van der Waals surface area contributed by atoms with Crippen LogP contribution in [0.15, 0.2) is 42.0 Å². The first-order valence-electron chi connectivity index (χ1n) is 12.9. The maximum Gasteiger partial charge on any atom is 0.230 e. The molecular weight excluding hydrogens is 518 g/mol. The number of carbonyl (C=O) groups is 4. The summed E-state index contributed by atoms with van der Waals surface area (Å²) in [6.07, 6.45) is -1.32. The molecule has 11 nitrogen and oxygen atoms in total. The SMILES string of the molecule is CC(=O)Nc1ccc(-c2ccc(O)c3c2C[C@@H]2C[C@@H]4[C@@H](N(C)C)C(O)C(C(N)=O)C(=O)[C@]4(O)C(=O)C2=C3O)cc1. The summed E-state index contributed by atoms with van der Waals surface area (Å²) in [7, 11) is 3.21. The molecule has 0 spiro atoms. The molecule has 2 amide bonds. The number of benzene rings is 2. The lowest BCUT2D eigenvalue weighted by atomic mass is 9.54. The lowest BCUT2D eigenvalue weighted by Gasteiger charge is -2.53. The fourth-order valence-corrected chi connectivity index (χ4v) is 6.81. The van der Waals surface area contributed by atoms with E-state index in [9.17, 15) is 39.6 Å². The number of amides is 2. The third-order valence-corrected chi connectivity index (χ3v) is 8.49. The number of nitrogens with two attached hydrogens (primary N) is 1. The van der Waals surface area contributed by atoms with Crippen LogP contribution in [0.3, 0.4) is 0 Å². The van der Waals surface area contributed by atoms with Crippen LogP contribution in [0.2, 0.25) is 0 Å². The number of aliphatic hydroxyl groups is 3. The standard InChI is InChI=1S/C29H31N3O8/c1-12(33)31-15-6-4-13(5-7-15)16-8-9-19(34)21-17(16)10-14-11-18-23(32(2)3)25(36)22(28(30)39)27(38)29(18,40)26(37)20(14)24(21)35/h4-9,14,18,22-23,25,34-36,40H,10-11H2,1-3H3,(H2,30,39)(H,31,33)/t14-,18-,22?,23-,25?,29-/m1/s1. The molecule has 2 saturated carbocycles. The fourth-order valence-electron chi connectivity index (χ4n) is 6.81. The smallest absolute Gasteiger partial charge is 0.230 e. The summed E-state index contributed by atoms with van der Waals surface area (Å²) in [5, 5.41) is 47.5. The van der Waals surface area contributed by atoms with Crippen LogP contribution in [0, 0.1) is 17.8 Å². The van der Waals surface area contributed by atoms with Crippen LogP contribution in [0.1, 0.15) is 24.5 Å². The lowest BCUT2D eigenvalue weighted by molar-refractivity contribution is -0.184. The number of hydrogen-bond donors (Lipinski definition) is 6. The summed E-state index contributed by atoms with van der Waals surface area (Å²) >= 11 is 0. The second kappa shape index (κ2) is 9.54. The number of phenols is 1. The van der Waals surface area contributed by atoms with E-state index < -0.39 is 58.7 Å². The van der Waals surface area contributed by atoms with E-state index in [1.807, 2.05) is 0 Å². The number of Topliss-reactive ketones (excluding diaryl/α,β-unsaturated/α-hetero) is 2. The highest BCUT2D eigenvalue weighted by Gasteiger charge is 2.67. The Kier molecular flexibility index (Phi) is 6.56. The second-order valence-corrected chi connectivity index (χ2v) is 11.0. The number of hydrogen-bond acceptors (Lipinski definition) is 9. The molecule has 0 bridgehead atoms. The Morgan fingerprint density at radius 2 is 1.73 bits per heavy atom. The van der Waals surface area contributed by atoms with E-state index in [0.29, 0.717) is 16.8 Å². The first kappa shape index (κ1) is 27.5. The molecule has 11 heteroatoms. The average Bonchev–Trinajstić information content (AvgIpc) is 2.86. The van der Waals surface area contributed by atoms with Crippen molar-refractivity contribution in [2.45, 2.75) is 37.5 Å². The van der Waals surface area contributed by atoms with Crippen molar-refractivity contribution in [1.82, 2.24) is 4.90 Å². The first-order valence-corrected chi connectivity index (χ1v) is 12.9. The van der Waals surface area contributed by atoms with E-state index in [2.05, 4.69) is 5.32 Å². The molecular formula is C29H31N3O8. The van der Waals surface area contributed by atoms with Gasteiger partial charge in [0.2, 0.25) is 17.6 Å². The van der Waals surface area contributed by atoms with Crippen molar-refractivity contribution in [3.8, 4) is 16.9 Å². The second-order valence-electron chi connectivity index (χ2n) is 11.0. The molecule has 3 aliphatic rings. The highest BCUT2D eigenvalue weighted by atomic mass is 16.3. The van der Waals surface area contributed by atoms with Crippen LogP contribution >= 0.6 is 0 Å². The number of rotatable bonds is 4. The number of carbonyl (C=O) groups excluding carboxylic acids is 4. The van der Waals surface area contributed by atoms with Crippen LogP contribution < -0.4 is 11.1 Å². The Balaban J connectivity index is 1.65. The van der Waals surface area contributed by atoms with Crippen molar-refractivity contribution in [3.05, 3.63) is 53.1 Å². The third kappa shape index (κ3) is 3.92. The molecule has 2 aromatic carbocycles.